The molecule has 0 atom stereocenters. The molecule has 0 saturated heterocycles. The maximum absolute atomic E-state index is 13.4. The number of aromatic nitrogens is 3. The first kappa shape index (κ1) is 15.4. The molecule has 0 aliphatic rings. The molecule has 0 aliphatic carbocycles. The van der Waals surface area contributed by atoms with E-state index in [1.165, 1.54) is 0 Å². The van der Waals surface area contributed by atoms with E-state index in [-0.39, 0.29) is 5.56 Å². The molecule has 0 amide bonds. The zero-order valence-corrected chi connectivity index (χ0v) is 14.3. The number of para-hydroxylation sites is 1. The first-order chi connectivity index (χ1) is 12.2. The lowest BCUT2D eigenvalue weighted by molar-refractivity contribution is 0.768. The Morgan fingerprint density at radius 1 is 1.04 bits per heavy atom. The van der Waals surface area contributed by atoms with Crippen molar-refractivity contribution in [3.05, 3.63) is 83.0 Å². The van der Waals surface area contributed by atoms with Crippen LogP contribution < -0.4 is 5.56 Å². The summed E-state index contributed by atoms with van der Waals surface area (Å²) in [5.41, 5.74) is 3.79. The Hall–Kier alpha value is -3.14. The van der Waals surface area contributed by atoms with Crippen molar-refractivity contribution in [1.82, 2.24) is 14.3 Å². The number of rotatable bonds is 3. The van der Waals surface area contributed by atoms with E-state index in [1.807, 2.05) is 66.3 Å². The molecule has 0 N–H and O–H groups in total. The van der Waals surface area contributed by atoms with Crippen LogP contribution in [0.15, 0.2) is 71.8 Å². The molecule has 124 valence electrons. The highest BCUT2D eigenvalue weighted by Gasteiger charge is 2.14. The summed E-state index contributed by atoms with van der Waals surface area (Å²) >= 11 is 0. The van der Waals surface area contributed by atoms with Crippen molar-refractivity contribution >= 4 is 10.8 Å². The van der Waals surface area contributed by atoms with Crippen LogP contribution in [0.25, 0.3) is 27.6 Å². The zero-order chi connectivity index (χ0) is 17.4. The summed E-state index contributed by atoms with van der Waals surface area (Å²) in [5.74, 6) is 0. The van der Waals surface area contributed by atoms with Crippen LogP contribution in [0.5, 0.6) is 0 Å². The van der Waals surface area contributed by atoms with Gasteiger partial charge in [0, 0.05) is 30.2 Å². The van der Waals surface area contributed by atoms with Gasteiger partial charge in [0.25, 0.3) is 5.56 Å². The summed E-state index contributed by atoms with van der Waals surface area (Å²) in [7, 11) is 1.88. The molecule has 2 aromatic carbocycles. The largest absolute Gasteiger partial charge is 0.281 e. The second kappa shape index (κ2) is 6.06. The third-order valence-electron chi connectivity index (χ3n) is 4.52. The van der Waals surface area contributed by atoms with Crippen LogP contribution in [0.2, 0.25) is 0 Å². The van der Waals surface area contributed by atoms with Crippen LogP contribution in [-0.2, 0) is 13.5 Å². The maximum atomic E-state index is 13.4. The third-order valence-corrected chi connectivity index (χ3v) is 4.52. The van der Waals surface area contributed by atoms with E-state index >= 15 is 0 Å². The minimum absolute atomic E-state index is 0.0139. The minimum atomic E-state index is 0.0139. The first-order valence-corrected chi connectivity index (χ1v) is 8.41. The fraction of sp³-hybridized carbons (Fsp3) is 0.143. The van der Waals surface area contributed by atoms with Gasteiger partial charge in [0.1, 0.15) is 0 Å². The Morgan fingerprint density at radius 2 is 1.84 bits per heavy atom. The minimum Gasteiger partial charge on any atom is -0.281 e. The fourth-order valence-corrected chi connectivity index (χ4v) is 3.34. The molecular weight excluding hydrogens is 310 g/mol. The fourth-order valence-electron chi connectivity index (χ4n) is 3.34. The molecule has 0 unspecified atom stereocenters. The van der Waals surface area contributed by atoms with Crippen LogP contribution >= 0.6 is 0 Å². The molecule has 25 heavy (non-hydrogen) atoms. The predicted octanol–water partition coefficient (Wildman–Crippen LogP) is 3.95. The number of hydrogen-bond donors (Lipinski definition) is 0. The molecule has 0 aliphatic heterocycles. The van der Waals surface area contributed by atoms with Crippen LogP contribution in [-0.4, -0.2) is 14.3 Å². The van der Waals surface area contributed by atoms with E-state index in [0.29, 0.717) is 0 Å². The number of fused-ring (bicyclic) bond motifs is 1. The van der Waals surface area contributed by atoms with Crippen molar-refractivity contribution in [3.8, 4) is 16.8 Å². The highest BCUT2D eigenvalue weighted by atomic mass is 16.1. The number of pyridine rings is 1. The second-order valence-electron chi connectivity index (χ2n) is 6.14. The summed E-state index contributed by atoms with van der Waals surface area (Å²) in [6.07, 6.45) is 4.53. The summed E-state index contributed by atoms with van der Waals surface area (Å²) in [6.45, 7) is 2.07. The van der Waals surface area contributed by atoms with Crippen LogP contribution in [0, 0.1) is 0 Å². The van der Waals surface area contributed by atoms with Crippen molar-refractivity contribution in [2.45, 2.75) is 13.3 Å². The van der Waals surface area contributed by atoms with Gasteiger partial charge in [-0.2, -0.15) is 5.10 Å². The van der Waals surface area contributed by atoms with Crippen LogP contribution in [0.1, 0.15) is 12.6 Å². The van der Waals surface area contributed by atoms with Crippen LogP contribution in [0.3, 0.4) is 0 Å². The molecule has 0 bridgehead atoms. The average Bonchev–Trinajstić information content (AvgIpc) is 3.08. The molecule has 4 nitrogen and oxygen atoms in total. The predicted molar refractivity (Wildman–Crippen MR) is 101 cm³/mol. The van der Waals surface area contributed by atoms with Gasteiger partial charge in [-0.25, -0.2) is 0 Å². The van der Waals surface area contributed by atoms with E-state index in [0.717, 1.165) is 39.7 Å². The van der Waals surface area contributed by atoms with Gasteiger partial charge in [-0.15, -0.1) is 0 Å². The van der Waals surface area contributed by atoms with Crippen molar-refractivity contribution in [3.63, 3.8) is 0 Å². The summed E-state index contributed by atoms with van der Waals surface area (Å²) in [6, 6.07) is 17.9. The Kier molecular flexibility index (Phi) is 3.73. The molecule has 2 heterocycles. The lowest BCUT2D eigenvalue weighted by Gasteiger charge is -2.15. The molecule has 0 radical (unpaired) electrons. The second-order valence-corrected chi connectivity index (χ2v) is 6.14. The molecule has 0 spiro atoms. The molecule has 0 saturated carbocycles. The van der Waals surface area contributed by atoms with Gasteiger partial charge >= 0.3 is 0 Å². The molecular formula is C21H19N3O. The Labute approximate surface area is 146 Å². The van der Waals surface area contributed by atoms with E-state index in [2.05, 4.69) is 18.1 Å². The van der Waals surface area contributed by atoms with Gasteiger partial charge in [0.2, 0.25) is 0 Å². The van der Waals surface area contributed by atoms with Crippen molar-refractivity contribution in [1.29, 1.82) is 0 Å². The van der Waals surface area contributed by atoms with Crippen molar-refractivity contribution in [2.75, 3.05) is 0 Å². The van der Waals surface area contributed by atoms with E-state index < -0.39 is 0 Å². The van der Waals surface area contributed by atoms with Crippen molar-refractivity contribution < 1.29 is 0 Å². The van der Waals surface area contributed by atoms with E-state index in [4.69, 9.17) is 0 Å². The lowest BCUT2D eigenvalue weighted by atomic mass is 10.0. The Bertz CT molecular complexity index is 1110. The summed E-state index contributed by atoms with van der Waals surface area (Å²) < 4.78 is 3.58. The lowest BCUT2D eigenvalue weighted by Crippen LogP contribution is -2.22. The number of aryl methyl sites for hydroxylation is 2. The number of nitrogens with zero attached hydrogens (tertiary/aromatic N) is 3. The standard InChI is InChI=1S/C21H19N3O/c1-3-17-12-15-8-7-11-19(16-13-22-23(2)14-16)20(15)21(25)24(17)18-9-5-4-6-10-18/h4-14H,3H2,1-2H3. The van der Waals surface area contributed by atoms with Crippen molar-refractivity contribution in [2.24, 2.45) is 7.05 Å². The first-order valence-electron chi connectivity index (χ1n) is 8.41. The zero-order valence-electron chi connectivity index (χ0n) is 14.3. The van der Waals surface area contributed by atoms with E-state index in [1.54, 1.807) is 10.9 Å². The Morgan fingerprint density at radius 3 is 2.52 bits per heavy atom. The summed E-state index contributed by atoms with van der Waals surface area (Å²) in [5, 5.41) is 5.95. The number of benzene rings is 2. The Balaban J connectivity index is 2.10. The third kappa shape index (κ3) is 2.56. The maximum Gasteiger partial charge on any atom is 0.263 e. The average molecular weight is 329 g/mol. The van der Waals surface area contributed by atoms with E-state index in [9.17, 15) is 4.79 Å². The SMILES string of the molecule is CCc1cc2cccc(-c3cnn(C)c3)c2c(=O)n1-c1ccccc1. The molecule has 4 aromatic rings. The monoisotopic (exact) mass is 329 g/mol. The van der Waals surface area contributed by atoms with Gasteiger partial charge in [-0.3, -0.25) is 14.0 Å². The molecule has 2 aromatic heterocycles. The van der Waals surface area contributed by atoms with Gasteiger partial charge in [-0.1, -0.05) is 43.3 Å². The van der Waals surface area contributed by atoms with Crippen LogP contribution in [0.4, 0.5) is 0 Å². The molecule has 4 heteroatoms. The highest BCUT2D eigenvalue weighted by Crippen LogP contribution is 2.27. The normalized spacial score (nSPS) is 11.1. The van der Waals surface area contributed by atoms with Gasteiger partial charge < -0.3 is 0 Å². The highest BCUT2D eigenvalue weighted by molar-refractivity contribution is 5.96. The quantitative estimate of drug-likeness (QED) is 0.571. The molecule has 4 rings (SSSR count). The topological polar surface area (TPSA) is 39.8 Å². The van der Waals surface area contributed by atoms with Gasteiger partial charge in [-0.05, 0) is 35.6 Å². The van der Waals surface area contributed by atoms with Gasteiger partial charge in [0.15, 0.2) is 0 Å². The molecule has 0 fully saturated rings. The van der Waals surface area contributed by atoms with Gasteiger partial charge in [0.05, 0.1) is 11.6 Å². The summed E-state index contributed by atoms with van der Waals surface area (Å²) in [4.78, 5) is 13.4. The number of hydrogen-bond acceptors (Lipinski definition) is 2. The smallest absolute Gasteiger partial charge is 0.263 e.